The zero-order valence-electron chi connectivity index (χ0n) is 38.7. The molecule has 1 rings (SSSR count). The molecule has 362 valence electrons. The maximum atomic E-state index is 12.8. The number of unbranched alkanes of at least 4 members (excludes halogenated alkanes) is 21. The van der Waals surface area contributed by atoms with Gasteiger partial charge < -0.3 is 39.9 Å². The fourth-order valence-electron chi connectivity index (χ4n) is 7.24. The van der Waals surface area contributed by atoms with Crippen LogP contribution in [0.1, 0.15) is 194 Å². The van der Waals surface area contributed by atoms with Gasteiger partial charge in [0.05, 0.1) is 13.2 Å². The van der Waals surface area contributed by atoms with E-state index >= 15 is 0 Å². The van der Waals surface area contributed by atoms with Gasteiger partial charge in [-0.15, -0.1) is 0 Å². The summed E-state index contributed by atoms with van der Waals surface area (Å²) in [5.41, 5.74) is 0. The summed E-state index contributed by atoms with van der Waals surface area (Å²) in [6, 6.07) is 0. The highest BCUT2D eigenvalue weighted by Crippen LogP contribution is 2.47. The first-order chi connectivity index (χ1) is 30.0. The molecule has 12 nitrogen and oxygen atoms in total. The van der Waals surface area contributed by atoms with E-state index in [1.165, 1.54) is 83.5 Å². The number of phosphoric acid groups is 1. The number of esters is 1. The van der Waals surface area contributed by atoms with Crippen molar-refractivity contribution in [3.8, 4) is 0 Å². The number of ether oxygens (including phenoxy) is 2. The van der Waals surface area contributed by atoms with E-state index in [0.29, 0.717) is 13.0 Å². The molecule has 0 aliphatic heterocycles. The van der Waals surface area contributed by atoms with Crippen LogP contribution in [-0.4, -0.2) is 98.9 Å². The Labute approximate surface area is 375 Å². The van der Waals surface area contributed by atoms with Crippen LogP contribution < -0.4 is 0 Å². The number of carbonyl (C=O) groups is 1. The first-order valence-electron chi connectivity index (χ1n) is 24.5. The summed E-state index contributed by atoms with van der Waals surface area (Å²) in [5, 5.41) is 50.2. The van der Waals surface area contributed by atoms with E-state index in [-0.39, 0.29) is 13.0 Å². The topological polar surface area (TPSA) is 192 Å². The summed E-state index contributed by atoms with van der Waals surface area (Å²) < 4.78 is 34.2. The number of carbonyl (C=O) groups excluding carboxylic acids is 1. The van der Waals surface area contributed by atoms with Crippen LogP contribution in [0.3, 0.4) is 0 Å². The average molecular weight is 901 g/mol. The van der Waals surface area contributed by atoms with E-state index < -0.39 is 63.1 Å². The van der Waals surface area contributed by atoms with E-state index in [2.05, 4.69) is 62.5 Å². The van der Waals surface area contributed by atoms with Gasteiger partial charge in [0.1, 0.15) is 42.7 Å². The van der Waals surface area contributed by atoms with Crippen LogP contribution >= 0.6 is 7.82 Å². The maximum Gasteiger partial charge on any atom is 0.472 e. The van der Waals surface area contributed by atoms with Gasteiger partial charge in [-0.2, -0.15) is 0 Å². The van der Waals surface area contributed by atoms with Gasteiger partial charge >= 0.3 is 13.8 Å². The number of aliphatic hydroxyl groups is 5. The second-order valence-corrected chi connectivity index (χ2v) is 18.4. The van der Waals surface area contributed by atoms with Gasteiger partial charge in [0.2, 0.25) is 0 Å². The Kier molecular flexibility index (Phi) is 37.3. The standard InChI is InChI=1S/C49H89O12P/c1-3-5-7-9-11-13-15-17-19-20-21-22-23-24-25-26-28-30-32-34-36-38-43(50)60-42(40-58-39-37-35-33-31-29-27-18-16-14-12-10-8-6-4-2)41-59-62(56,57)61-49-47(54)45(52)44(51)46(53)48(49)55/h14-17,20-21,23-24,42,44-49,51-55H,3-13,18-19,22,25-41H2,1-2H3,(H,56,57)/b16-14-,17-15-,21-20-,24-23-. The minimum Gasteiger partial charge on any atom is -0.457 e. The molecule has 0 radical (unpaired) electrons. The second kappa shape index (κ2) is 39.6. The Bertz CT molecular complexity index is 1210. The Balaban J connectivity index is 2.38. The summed E-state index contributed by atoms with van der Waals surface area (Å²) in [7, 11) is -5.03. The molecule has 0 bridgehead atoms. The van der Waals surface area contributed by atoms with Crippen molar-refractivity contribution < 1.29 is 58.3 Å². The average Bonchev–Trinajstić information content (AvgIpc) is 3.26. The van der Waals surface area contributed by atoms with Crippen molar-refractivity contribution in [3.63, 3.8) is 0 Å². The van der Waals surface area contributed by atoms with Crippen LogP contribution in [0.2, 0.25) is 0 Å². The molecule has 6 N–H and O–H groups in total. The number of hydrogen-bond donors (Lipinski definition) is 6. The summed E-state index contributed by atoms with van der Waals surface area (Å²) in [6.45, 7) is 4.21. The van der Waals surface area contributed by atoms with Crippen molar-refractivity contribution in [1.29, 1.82) is 0 Å². The van der Waals surface area contributed by atoms with E-state index in [1.807, 2.05) is 0 Å². The molecule has 6 atom stereocenters. The van der Waals surface area contributed by atoms with Crippen molar-refractivity contribution in [3.05, 3.63) is 48.6 Å². The Morgan fingerprint density at radius 3 is 1.40 bits per heavy atom. The molecule has 1 fully saturated rings. The molecule has 62 heavy (non-hydrogen) atoms. The van der Waals surface area contributed by atoms with E-state index in [1.54, 1.807) is 0 Å². The van der Waals surface area contributed by atoms with Gasteiger partial charge in [0.25, 0.3) is 0 Å². The predicted molar refractivity (Wildman–Crippen MR) is 249 cm³/mol. The number of hydrogen-bond acceptors (Lipinski definition) is 11. The van der Waals surface area contributed by atoms with E-state index in [9.17, 15) is 39.8 Å². The minimum absolute atomic E-state index is 0.0871. The third-order valence-electron chi connectivity index (χ3n) is 11.2. The second-order valence-electron chi connectivity index (χ2n) is 17.0. The quantitative estimate of drug-likeness (QED) is 0.0147. The highest BCUT2D eigenvalue weighted by Gasteiger charge is 2.51. The summed E-state index contributed by atoms with van der Waals surface area (Å²) in [5.74, 6) is -0.492. The molecule has 0 saturated heterocycles. The first kappa shape index (κ1) is 58.3. The lowest BCUT2D eigenvalue weighted by atomic mass is 9.85. The smallest absolute Gasteiger partial charge is 0.457 e. The lowest BCUT2D eigenvalue weighted by molar-refractivity contribution is -0.220. The molecule has 13 heteroatoms. The Hall–Kier alpha value is -1.70. The number of rotatable bonds is 41. The molecular formula is C49H89O12P. The lowest BCUT2D eigenvalue weighted by Crippen LogP contribution is -2.64. The van der Waals surface area contributed by atoms with Gasteiger partial charge in [0, 0.05) is 13.0 Å². The number of phosphoric ester groups is 1. The molecule has 1 saturated carbocycles. The number of aliphatic hydroxyl groups excluding tert-OH is 5. The first-order valence-corrected chi connectivity index (χ1v) is 26.0. The highest BCUT2D eigenvalue weighted by atomic mass is 31.2. The molecule has 1 aliphatic carbocycles. The van der Waals surface area contributed by atoms with Crippen LogP contribution in [0, 0.1) is 0 Å². The Morgan fingerprint density at radius 2 is 0.903 bits per heavy atom. The molecule has 1 aliphatic rings. The monoisotopic (exact) mass is 901 g/mol. The van der Waals surface area contributed by atoms with E-state index in [0.717, 1.165) is 83.5 Å². The van der Waals surface area contributed by atoms with Crippen LogP contribution in [0.4, 0.5) is 0 Å². The maximum absolute atomic E-state index is 12.8. The van der Waals surface area contributed by atoms with Gasteiger partial charge in [-0.3, -0.25) is 13.8 Å². The fourth-order valence-corrected chi connectivity index (χ4v) is 8.21. The largest absolute Gasteiger partial charge is 0.472 e. The van der Waals surface area contributed by atoms with Crippen LogP contribution in [0.25, 0.3) is 0 Å². The van der Waals surface area contributed by atoms with Crippen LogP contribution in [-0.2, 0) is 27.9 Å². The zero-order valence-corrected chi connectivity index (χ0v) is 39.6. The third-order valence-corrected chi connectivity index (χ3v) is 12.2. The molecule has 0 spiro atoms. The van der Waals surface area contributed by atoms with Crippen molar-refractivity contribution in [2.45, 2.75) is 236 Å². The van der Waals surface area contributed by atoms with Crippen molar-refractivity contribution in [2.24, 2.45) is 0 Å². The van der Waals surface area contributed by atoms with Crippen molar-refractivity contribution >= 4 is 13.8 Å². The molecule has 0 amide bonds. The molecule has 0 aromatic heterocycles. The third kappa shape index (κ3) is 31.2. The molecular weight excluding hydrogens is 812 g/mol. The zero-order chi connectivity index (χ0) is 45.5. The molecule has 0 heterocycles. The van der Waals surface area contributed by atoms with Crippen LogP contribution in [0.5, 0.6) is 0 Å². The van der Waals surface area contributed by atoms with Crippen LogP contribution in [0.15, 0.2) is 48.6 Å². The summed E-state index contributed by atoms with van der Waals surface area (Å²) in [6.07, 6.45) is 36.0. The van der Waals surface area contributed by atoms with E-state index in [4.69, 9.17) is 18.5 Å². The van der Waals surface area contributed by atoms with Gasteiger partial charge in [0.15, 0.2) is 0 Å². The fraction of sp³-hybridized carbons (Fsp3) is 0.816. The SMILES string of the molecule is CCCCCC/C=C\CCCCCCCCOCC(COP(=O)(O)OC1C(O)C(O)C(O)C(O)C1O)OC(=O)CCCCCCCC/C=C\C/C=C\C/C=C\CCCCCCC. The van der Waals surface area contributed by atoms with Gasteiger partial charge in [-0.1, -0.05) is 159 Å². The molecule has 0 aromatic carbocycles. The summed E-state index contributed by atoms with van der Waals surface area (Å²) >= 11 is 0. The summed E-state index contributed by atoms with van der Waals surface area (Å²) in [4.78, 5) is 23.2. The van der Waals surface area contributed by atoms with Crippen molar-refractivity contribution in [2.75, 3.05) is 19.8 Å². The predicted octanol–water partition coefficient (Wildman–Crippen LogP) is 10.4. The number of allylic oxidation sites excluding steroid dienone is 8. The Morgan fingerprint density at radius 1 is 0.516 bits per heavy atom. The van der Waals surface area contributed by atoms with Gasteiger partial charge in [-0.05, 0) is 77.0 Å². The molecule has 0 aromatic rings. The highest BCUT2D eigenvalue weighted by molar-refractivity contribution is 7.47. The minimum atomic E-state index is -5.03. The lowest BCUT2D eigenvalue weighted by Gasteiger charge is -2.41. The normalized spacial score (nSPS) is 22.4. The van der Waals surface area contributed by atoms with Crippen molar-refractivity contribution in [1.82, 2.24) is 0 Å². The molecule has 6 unspecified atom stereocenters. The van der Waals surface area contributed by atoms with Gasteiger partial charge in [-0.25, -0.2) is 4.57 Å².